The van der Waals surface area contributed by atoms with E-state index in [-0.39, 0.29) is 17.7 Å². The van der Waals surface area contributed by atoms with Gasteiger partial charge in [0.2, 0.25) is 5.89 Å². The lowest BCUT2D eigenvalue weighted by molar-refractivity contribution is 0.0915. The quantitative estimate of drug-likeness (QED) is 0.645. The average Bonchev–Trinajstić information content (AvgIpc) is 3.20. The van der Waals surface area contributed by atoms with Gasteiger partial charge < -0.3 is 19.2 Å². The number of benzene rings is 2. The number of ether oxygens (including phenoxy) is 2. The van der Waals surface area contributed by atoms with Crippen LogP contribution in [0.25, 0.3) is 0 Å². The summed E-state index contributed by atoms with van der Waals surface area (Å²) in [7, 11) is 3.16. The molecule has 0 spiro atoms. The summed E-state index contributed by atoms with van der Waals surface area (Å²) >= 11 is 0. The highest BCUT2D eigenvalue weighted by Crippen LogP contribution is 2.28. The summed E-state index contributed by atoms with van der Waals surface area (Å²) in [5.74, 6) is 1.37. The number of nitrogens with zero attached hydrogens (tertiary/aromatic N) is 2. The summed E-state index contributed by atoms with van der Waals surface area (Å²) in [6.45, 7) is 2.53. The molecule has 7 heteroatoms. The Kier molecular flexibility index (Phi) is 6.26. The van der Waals surface area contributed by atoms with Crippen molar-refractivity contribution in [3.05, 3.63) is 71.4 Å². The van der Waals surface area contributed by atoms with Crippen LogP contribution in [-0.4, -0.2) is 36.9 Å². The molecule has 28 heavy (non-hydrogen) atoms. The molecule has 0 aliphatic rings. The van der Waals surface area contributed by atoms with Gasteiger partial charge in [0.1, 0.15) is 0 Å². The van der Waals surface area contributed by atoms with Gasteiger partial charge in [-0.3, -0.25) is 4.79 Å². The van der Waals surface area contributed by atoms with Crippen LogP contribution in [0.3, 0.4) is 0 Å². The largest absolute Gasteiger partial charge is 0.493 e. The van der Waals surface area contributed by atoms with Crippen LogP contribution in [0.4, 0.5) is 0 Å². The van der Waals surface area contributed by atoms with E-state index in [1.54, 1.807) is 14.2 Å². The maximum atomic E-state index is 12.3. The number of nitrogens with one attached hydrogen (secondary N) is 1. The molecule has 146 valence electrons. The molecule has 1 unspecified atom stereocenters. The molecule has 0 aliphatic heterocycles. The number of aromatic nitrogens is 2. The first kappa shape index (κ1) is 19.4. The van der Waals surface area contributed by atoms with Gasteiger partial charge in [0.05, 0.1) is 20.6 Å². The molecule has 0 bridgehead atoms. The molecule has 1 atom stereocenters. The van der Waals surface area contributed by atoms with Crippen molar-refractivity contribution in [3.63, 3.8) is 0 Å². The zero-order valence-corrected chi connectivity index (χ0v) is 16.1. The highest BCUT2D eigenvalue weighted by atomic mass is 16.5. The van der Waals surface area contributed by atoms with E-state index in [0.29, 0.717) is 30.4 Å². The van der Waals surface area contributed by atoms with Gasteiger partial charge in [-0.2, -0.15) is 0 Å². The molecule has 3 aromatic rings. The number of rotatable bonds is 8. The third kappa shape index (κ3) is 4.68. The van der Waals surface area contributed by atoms with E-state index in [0.717, 1.165) is 11.1 Å². The normalized spacial score (nSPS) is 11.7. The number of methoxy groups -OCH3 is 2. The first-order chi connectivity index (χ1) is 13.6. The van der Waals surface area contributed by atoms with E-state index in [4.69, 9.17) is 13.9 Å². The third-order valence-electron chi connectivity index (χ3n) is 4.40. The van der Waals surface area contributed by atoms with Crippen LogP contribution in [0, 0.1) is 0 Å². The van der Waals surface area contributed by atoms with Gasteiger partial charge in [-0.25, -0.2) is 0 Å². The Morgan fingerprint density at radius 1 is 1.07 bits per heavy atom. The molecular formula is C21H23N3O4. The smallest absolute Gasteiger partial charge is 0.308 e. The van der Waals surface area contributed by atoms with Crippen molar-refractivity contribution in [2.24, 2.45) is 0 Å². The SMILES string of the molecule is COc1ccc(Cc2nnc(C(=O)NCC(C)c3ccccc3)o2)cc1OC. The Morgan fingerprint density at radius 3 is 2.54 bits per heavy atom. The minimum Gasteiger partial charge on any atom is -0.493 e. The number of hydrogen-bond acceptors (Lipinski definition) is 6. The van der Waals surface area contributed by atoms with Crippen molar-refractivity contribution < 1.29 is 18.7 Å². The lowest BCUT2D eigenvalue weighted by Crippen LogP contribution is -2.27. The fourth-order valence-electron chi connectivity index (χ4n) is 2.80. The standard InChI is InChI=1S/C21H23N3O4/c1-14(16-7-5-4-6-8-16)13-22-20(25)21-24-23-19(28-21)12-15-9-10-17(26-2)18(11-15)27-3/h4-11,14H,12-13H2,1-3H3,(H,22,25). The fourth-order valence-corrected chi connectivity index (χ4v) is 2.80. The zero-order valence-electron chi connectivity index (χ0n) is 16.1. The predicted octanol–water partition coefficient (Wildman–Crippen LogP) is 3.21. The number of amides is 1. The maximum absolute atomic E-state index is 12.3. The number of carbonyl (C=O) groups is 1. The van der Waals surface area contributed by atoms with E-state index in [1.807, 2.05) is 55.5 Å². The van der Waals surface area contributed by atoms with E-state index in [1.165, 1.54) is 0 Å². The van der Waals surface area contributed by atoms with Crippen molar-refractivity contribution in [2.45, 2.75) is 19.3 Å². The van der Waals surface area contributed by atoms with Gasteiger partial charge in [0.15, 0.2) is 11.5 Å². The van der Waals surface area contributed by atoms with Gasteiger partial charge in [0.25, 0.3) is 0 Å². The van der Waals surface area contributed by atoms with Crippen LogP contribution in [0.1, 0.15) is 40.5 Å². The van der Waals surface area contributed by atoms with Crippen LogP contribution < -0.4 is 14.8 Å². The van der Waals surface area contributed by atoms with Gasteiger partial charge in [-0.1, -0.05) is 43.3 Å². The highest BCUT2D eigenvalue weighted by Gasteiger charge is 2.17. The Morgan fingerprint density at radius 2 is 1.82 bits per heavy atom. The summed E-state index contributed by atoms with van der Waals surface area (Å²) in [6, 6.07) is 15.5. The lowest BCUT2D eigenvalue weighted by Gasteiger charge is -2.11. The van der Waals surface area contributed by atoms with Gasteiger partial charge in [-0.05, 0) is 29.2 Å². The third-order valence-corrected chi connectivity index (χ3v) is 4.40. The zero-order chi connectivity index (χ0) is 19.9. The Balaban J connectivity index is 1.59. The van der Waals surface area contributed by atoms with Crippen molar-refractivity contribution in [1.82, 2.24) is 15.5 Å². The van der Waals surface area contributed by atoms with Gasteiger partial charge in [-0.15, -0.1) is 10.2 Å². The number of hydrogen-bond donors (Lipinski definition) is 1. The predicted molar refractivity (Wildman–Crippen MR) is 104 cm³/mol. The van der Waals surface area contributed by atoms with E-state index >= 15 is 0 Å². The molecule has 3 rings (SSSR count). The molecule has 1 N–H and O–H groups in total. The monoisotopic (exact) mass is 381 g/mol. The summed E-state index contributed by atoms with van der Waals surface area (Å²) in [5.41, 5.74) is 2.06. The van der Waals surface area contributed by atoms with Gasteiger partial charge in [0, 0.05) is 6.54 Å². The summed E-state index contributed by atoms with van der Waals surface area (Å²) in [6.07, 6.45) is 0.390. The minimum atomic E-state index is -0.381. The highest BCUT2D eigenvalue weighted by molar-refractivity contribution is 5.89. The lowest BCUT2D eigenvalue weighted by atomic mass is 10.0. The molecule has 0 aliphatic carbocycles. The molecule has 2 aromatic carbocycles. The molecule has 0 radical (unpaired) electrons. The summed E-state index contributed by atoms with van der Waals surface area (Å²) in [5, 5.41) is 10.7. The van der Waals surface area contributed by atoms with Crippen molar-refractivity contribution in [3.8, 4) is 11.5 Å². The fraction of sp³-hybridized carbons (Fsp3) is 0.286. The van der Waals surface area contributed by atoms with E-state index < -0.39 is 0 Å². The van der Waals surface area contributed by atoms with Crippen molar-refractivity contribution in [1.29, 1.82) is 0 Å². The molecule has 1 heterocycles. The Bertz CT molecular complexity index is 924. The van der Waals surface area contributed by atoms with Crippen molar-refractivity contribution >= 4 is 5.91 Å². The first-order valence-corrected chi connectivity index (χ1v) is 8.97. The minimum absolute atomic E-state index is 0.0456. The Labute approximate surface area is 163 Å². The summed E-state index contributed by atoms with van der Waals surface area (Å²) < 4.78 is 16.0. The first-order valence-electron chi connectivity index (χ1n) is 8.97. The molecule has 7 nitrogen and oxygen atoms in total. The molecular weight excluding hydrogens is 358 g/mol. The molecule has 1 aromatic heterocycles. The second-order valence-corrected chi connectivity index (χ2v) is 6.39. The average molecular weight is 381 g/mol. The Hall–Kier alpha value is -3.35. The van der Waals surface area contributed by atoms with Crippen LogP contribution >= 0.6 is 0 Å². The van der Waals surface area contributed by atoms with Crippen LogP contribution in [-0.2, 0) is 6.42 Å². The molecule has 0 saturated heterocycles. The molecule has 0 fully saturated rings. The second-order valence-electron chi connectivity index (χ2n) is 6.39. The molecule has 1 amide bonds. The van der Waals surface area contributed by atoms with Crippen LogP contribution in [0.5, 0.6) is 11.5 Å². The van der Waals surface area contributed by atoms with Crippen molar-refractivity contribution in [2.75, 3.05) is 20.8 Å². The second kappa shape index (κ2) is 9.03. The van der Waals surface area contributed by atoms with Gasteiger partial charge >= 0.3 is 11.8 Å². The van der Waals surface area contributed by atoms with Crippen LogP contribution in [0.15, 0.2) is 52.9 Å². The van der Waals surface area contributed by atoms with E-state index in [2.05, 4.69) is 15.5 Å². The topological polar surface area (TPSA) is 86.5 Å². The number of carbonyl (C=O) groups excluding carboxylic acids is 1. The summed E-state index contributed by atoms with van der Waals surface area (Å²) in [4.78, 5) is 12.3. The molecule has 0 saturated carbocycles. The maximum Gasteiger partial charge on any atom is 0.308 e. The van der Waals surface area contributed by atoms with E-state index in [9.17, 15) is 4.79 Å². The van der Waals surface area contributed by atoms with Crippen LogP contribution in [0.2, 0.25) is 0 Å².